The van der Waals surface area contributed by atoms with Crippen LogP contribution in [0.3, 0.4) is 0 Å². The Morgan fingerprint density at radius 3 is 2.45 bits per heavy atom. The Balaban J connectivity index is 3.38. The van der Waals surface area contributed by atoms with Crippen molar-refractivity contribution in [1.29, 1.82) is 0 Å². The van der Waals surface area contributed by atoms with Crippen LogP contribution in [0.5, 0.6) is 0 Å². The van der Waals surface area contributed by atoms with Crippen molar-refractivity contribution in [2.24, 2.45) is 12.2 Å². The summed E-state index contributed by atoms with van der Waals surface area (Å²) in [6.45, 7) is 0. The van der Waals surface area contributed by atoms with Crippen molar-refractivity contribution < 1.29 is 8.42 Å². The number of aryl methyl sites for hydroxylation is 1. The summed E-state index contributed by atoms with van der Waals surface area (Å²) < 4.78 is 23.4. The Morgan fingerprint density at radius 1 is 1.73 bits per heavy atom. The first-order valence-corrected chi connectivity index (χ1v) is 4.96. The quantitative estimate of drug-likeness (QED) is 0.740. The summed E-state index contributed by atoms with van der Waals surface area (Å²) in [7, 11) is -2.03. The predicted octanol–water partition coefficient (Wildman–Crippen LogP) is -0.170. The fourth-order valence-corrected chi connectivity index (χ4v) is 2.03. The fourth-order valence-electron chi connectivity index (χ4n) is 0.585. The summed E-state index contributed by atoms with van der Waals surface area (Å²) in [4.78, 5) is 3.59. The minimum atomic E-state index is -3.69. The van der Waals surface area contributed by atoms with Gasteiger partial charge < -0.3 is 4.57 Å². The van der Waals surface area contributed by atoms with Crippen LogP contribution in [0.1, 0.15) is 0 Å². The van der Waals surface area contributed by atoms with Gasteiger partial charge in [-0.3, -0.25) is 0 Å². The van der Waals surface area contributed by atoms with Crippen LogP contribution in [0.4, 0.5) is 0 Å². The van der Waals surface area contributed by atoms with Crippen LogP contribution in [0.15, 0.2) is 16.0 Å². The zero-order valence-corrected chi connectivity index (χ0v) is 8.05. The van der Waals surface area contributed by atoms with Crippen LogP contribution in [0.25, 0.3) is 0 Å². The summed E-state index contributed by atoms with van der Waals surface area (Å²) in [5.41, 5.74) is 0. The van der Waals surface area contributed by atoms with Crippen molar-refractivity contribution >= 4 is 26.0 Å². The van der Waals surface area contributed by atoms with Gasteiger partial charge in [0.2, 0.25) is 5.03 Å². The molecular weight excluding hydrogens is 234 g/mol. The lowest BCUT2D eigenvalue weighted by molar-refractivity contribution is 0.594. The lowest BCUT2D eigenvalue weighted by Crippen LogP contribution is -2.13. The lowest BCUT2D eigenvalue weighted by Gasteiger charge is -1.93. The van der Waals surface area contributed by atoms with Crippen molar-refractivity contribution in [3.63, 3.8) is 0 Å². The first-order valence-electron chi connectivity index (χ1n) is 2.62. The number of halogens is 1. The molecule has 1 aromatic rings. The SMILES string of the molecule is Cn1cnc(S(N)(=O)=O)c1Br. The highest BCUT2D eigenvalue weighted by atomic mass is 79.9. The maximum absolute atomic E-state index is 10.7. The van der Waals surface area contributed by atoms with Crippen LogP contribution >= 0.6 is 15.9 Å². The molecule has 0 radical (unpaired) electrons. The Morgan fingerprint density at radius 2 is 2.27 bits per heavy atom. The van der Waals surface area contributed by atoms with E-state index in [-0.39, 0.29) is 5.03 Å². The van der Waals surface area contributed by atoms with Crippen molar-refractivity contribution in [1.82, 2.24) is 9.55 Å². The van der Waals surface area contributed by atoms with E-state index in [2.05, 4.69) is 20.9 Å². The monoisotopic (exact) mass is 239 g/mol. The number of nitrogens with zero attached hydrogens (tertiary/aromatic N) is 2. The second-order valence-electron chi connectivity index (χ2n) is 2.00. The third kappa shape index (κ3) is 1.60. The zero-order chi connectivity index (χ0) is 8.65. The summed E-state index contributed by atoms with van der Waals surface area (Å²) in [5.74, 6) is 0. The number of nitrogens with two attached hydrogens (primary N) is 1. The van der Waals surface area contributed by atoms with Gasteiger partial charge in [0.25, 0.3) is 10.0 Å². The number of primary sulfonamides is 1. The summed E-state index contributed by atoms with van der Waals surface area (Å²) in [5, 5.41) is 4.70. The van der Waals surface area contributed by atoms with Crippen LogP contribution < -0.4 is 5.14 Å². The summed E-state index contributed by atoms with van der Waals surface area (Å²) in [6.07, 6.45) is 1.36. The molecule has 62 valence electrons. The van der Waals surface area contributed by atoms with Gasteiger partial charge in [-0.2, -0.15) is 0 Å². The molecule has 0 aromatic carbocycles. The van der Waals surface area contributed by atoms with Gasteiger partial charge in [0.05, 0.1) is 6.33 Å². The van der Waals surface area contributed by atoms with Gasteiger partial charge in [0, 0.05) is 7.05 Å². The van der Waals surface area contributed by atoms with Gasteiger partial charge in [-0.1, -0.05) is 0 Å². The molecule has 0 atom stereocenters. The fraction of sp³-hybridized carbons (Fsp3) is 0.250. The van der Waals surface area contributed by atoms with Gasteiger partial charge in [-0.05, 0) is 15.9 Å². The molecule has 0 aliphatic rings. The van der Waals surface area contributed by atoms with Crippen LogP contribution in [0, 0.1) is 0 Å². The largest absolute Gasteiger partial charge is 0.327 e. The maximum atomic E-state index is 10.7. The average molecular weight is 240 g/mol. The normalized spacial score (nSPS) is 11.9. The van der Waals surface area contributed by atoms with E-state index in [4.69, 9.17) is 5.14 Å². The Bertz CT molecular complexity index is 369. The molecule has 0 aliphatic carbocycles. The molecular formula is C4H6BrN3O2S. The molecule has 11 heavy (non-hydrogen) atoms. The topological polar surface area (TPSA) is 78.0 Å². The first-order chi connectivity index (χ1) is 4.93. The molecule has 0 saturated heterocycles. The van der Waals surface area contributed by atoms with E-state index in [0.717, 1.165) is 0 Å². The van der Waals surface area contributed by atoms with E-state index in [0.29, 0.717) is 4.60 Å². The second-order valence-corrected chi connectivity index (χ2v) is 4.22. The molecule has 0 saturated carbocycles. The van der Waals surface area contributed by atoms with Crippen molar-refractivity contribution in [2.45, 2.75) is 5.03 Å². The number of hydrogen-bond acceptors (Lipinski definition) is 3. The summed E-state index contributed by atoms with van der Waals surface area (Å²) >= 11 is 3.03. The third-order valence-electron chi connectivity index (χ3n) is 1.10. The van der Waals surface area contributed by atoms with E-state index < -0.39 is 10.0 Å². The standard InChI is InChI=1S/C4H6BrN3O2S/c1-8-2-7-4(3(8)5)11(6,9)10/h2H,1H3,(H2,6,9,10). The third-order valence-corrected chi connectivity index (χ3v) is 3.14. The predicted molar refractivity (Wildman–Crippen MR) is 42.3 cm³/mol. The molecule has 1 aromatic heterocycles. The Kier molecular flexibility index (Phi) is 2.04. The molecule has 5 nitrogen and oxygen atoms in total. The molecule has 7 heteroatoms. The van der Waals surface area contributed by atoms with Crippen molar-refractivity contribution in [2.75, 3.05) is 0 Å². The number of rotatable bonds is 1. The number of sulfonamides is 1. The minimum Gasteiger partial charge on any atom is -0.327 e. The average Bonchev–Trinajstić information content (AvgIpc) is 2.11. The summed E-state index contributed by atoms with van der Waals surface area (Å²) in [6, 6.07) is 0. The second kappa shape index (κ2) is 2.58. The Hall–Kier alpha value is -0.400. The molecule has 0 unspecified atom stereocenters. The van der Waals surface area contributed by atoms with Gasteiger partial charge in [0.15, 0.2) is 0 Å². The van der Waals surface area contributed by atoms with Crippen LogP contribution in [0.2, 0.25) is 0 Å². The van der Waals surface area contributed by atoms with E-state index in [1.54, 1.807) is 7.05 Å². The maximum Gasteiger partial charge on any atom is 0.258 e. The highest BCUT2D eigenvalue weighted by molar-refractivity contribution is 9.10. The van der Waals surface area contributed by atoms with E-state index in [1.165, 1.54) is 10.9 Å². The molecule has 0 aliphatic heterocycles. The molecule has 1 rings (SSSR count). The first kappa shape index (κ1) is 8.69. The zero-order valence-electron chi connectivity index (χ0n) is 5.65. The van der Waals surface area contributed by atoms with E-state index in [1.807, 2.05) is 0 Å². The van der Waals surface area contributed by atoms with Crippen LogP contribution in [-0.2, 0) is 17.1 Å². The molecule has 2 N–H and O–H groups in total. The molecule has 0 fully saturated rings. The Labute approximate surface area is 72.4 Å². The highest BCUT2D eigenvalue weighted by Crippen LogP contribution is 2.17. The molecule has 0 spiro atoms. The molecule has 0 bridgehead atoms. The smallest absolute Gasteiger partial charge is 0.258 e. The van der Waals surface area contributed by atoms with E-state index in [9.17, 15) is 8.42 Å². The number of aromatic nitrogens is 2. The van der Waals surface area contributed by atoms with Crippen molar-refractivity contribution in [3.05, 3.63) is 10.9 Å². The minimum absolute atomic E-state index is 0.139. The van der Waals surface area contributed by atoms with Crippen LogP contribution in [-0.4, -0.2) is 18.0 Å². The van der Waals surface area contributed by atoms with E-state index >= 15 is 0 Å². The van der Waals surface area contributed by atoms with Gasteiger partial charge in [-0.15, -0.1) is 0 Å². The van der Waals surface area contributed by atoms with Gasteiger partial charge >= 0.3 is 0 Å². The number of hydrogen-bond donors (Lipinski definition) is 1. The molecule has 1 heterocycles. The van der Waals surface area contributed by atoms with Gasteiger partial charge in [-0.25, -0.2) is 18.5 Å². The highest BCUT2D eigenvalue weighted by Gasteiger charge is 2.16. The van der Waals surface area contributed by atoms with Gasteiger partial charge in [0.1, 0.15) is 4.60 Å². The molecule has 0 amide bonds. The number of imidazole rings is 1. The lowest BCUT2D eigenvalue weighted by atomic mass is 10.9. The van der Waals surface area contributed by atoms with Crippen molar-refractivity contribution in [3.8, 4) is 0 Å².